The zero-order chi connectivity index (χ0) is 12.3. The van der Waals surface area contributed by atoms with Gasteiger partial charge < -0.3 is 9.88 Å². The van der Waals surface area contributed by atoms with Crippen LogP contribution in [0.25, 0.3) is 0 Å². The normalized spacial score (nSPS) is 12.6. The van der Waals surface area contributed by atoms with E-state index in [1.54, 1.807) is 6.20 Å². The second-order valence-corrected chi connectivity index (χ2v) is 4.01. The Morgan fingerprint density at radius 2 is 2.00 bits per heavy atom. The molecule has 2 rings (SSSR count). The van der Waals surface area contributed by atoms with Gasteiger partial charge in [0.15, 0.2) is 5.82 Å². The van der Waals surface area contributed by atoms with E-state index in [2.05, 4.69) is 27.2 Å². The van der Waals surface area contributed by atoms with Gasteiger partial charge in [-0.25, -0.2) is 15.0 Å². The molecule has 0 spiro atoms. The summed E-state index contributed by atoms with van der Waals surface area (Å²) < 4.78 is 1.98. The van der Waals surface area contributed by atoms with E-state index in [4.69, 9.17) is 0 Å². The Morgan fingerprint density at radius 1 is 1.29 bits per heavy atom. The first-order valence-electron chi connectivity index (χ1n) is 5.71. The highest BCUT2D eigenvalue weighted by Gasteiger charge is 2.19. The first kappa shape index (κ1) is 11.7. The third kappa shape index (κ3) is 2.50. The van der Waals surface area contributed by atoms with Crippen molar-refractivity contribution in [2.24, 2.45) is 7.05 Å². The second-order valence-electron chi connectivity index (χ2n) is 4.01. The van der Waals surface area contributed by atoms with Crippen molar-refractivity contribution in [2.45, 2.75) is 19.9 Å². The largest absolute Gasteiger partial charge is 0.336 e. The summed E-state index contributed by atoms with van der Waals surface area (Å²) in [6, 6.07) is -0.0550. The van der Waals surface area contributed by atoms with Gasteiger partial charge in [0, 0.05) is 31.8 Å². The summed E-state index contributed by atoms with van der Waals surface area (Å²) >= 11 is 0. The zero-order valence-corrected chi connectivity index (χ0v) is 10.4. The molecule has 0 fully saturated rings. The quantitative estimate of drug-likeness (QED) is 0.859. The molecule has 5 heteroatoms. The van der Waals surface area contributed by atoms with Crippen LogP contribution in [0.15, 0.2) is 24.8 Å². The monoisotopic (exact) mass is 231 g/mol. The Bertz CT molecular complexity index is 474. The molecular weight excluding hydrogens is 214 g/mol. The molecule has 0 aliphatic heterocycles. The number of aryl methyl sites for hydroxylation is 2. The SMILES string of the molecule is CCNC(c1ncc(C)cn1)c1nccn1C. The van der Waals surface area contributed by atoms with Crippen LogP contribution in [0.2, 0.25) is 0 Å². The molecule has 1 atom stereocenters. The lowest BCUT2D eigenvalue weighted by Crippen LogP contribution is -2.26. The number of hydrogen-bond acceptors (Lipinski definition) is 4. The van der Waals surface area contributed by atoms with Crippen molar-refractivity contribution in [1.29, 1.82) is 0 Å². The molecule has 0 aliphatic rings. The molecule has 0 saturated carbocycles. The predicted molar refractivity (Wildman–Crippen MR) is 65.5 cm³/mol. The van der Waals surface area contributed by atoms with Crippen LogP contribution < -0.4 is 5.32 Å². The van der Waals surface area contributed by atoms with E-state index < -0.39 is 0 Å². The van der Waals surface area contributed by atoms with Crippen molar-refractivity contribution in [3.8, 4) is 0 Å². The Balaban J connectivity index is 2.35. The van der Waals surface area contributed by atoms with E-state index in [0.29, 0.717) is 0 Å². The summed E-state index contributed by atoms with van der Waals surface area (Å²) in [5.74, 6) is 1.68. The lowest BCUT2D eigenvalue weighted by Gasteiger charge is -2.16. The molecule has 2 heterocycles. The van der Waals surface area contributed by atoms with Crippen molar-refractivity contribution < 1.29 is 0 Å². The van der Waals surface area contributed by atoms with Crippen LogP contribution in [0.3, 0.4) is 0 Å². The number of imidazole rings is 1. The van der Waals surface area contributed by atoms with Gasteiger partial charge in [0.25, 0.3) is 0 Å². The Labute approximate surface area is 101 Å². The fourth-order valence-corrected chi connectivity index (χ4v) is 1.71. The van der Waals surface area contributed by atoms with Gasteiger partial charge in [-0.2, -0.15) is 0 Å². The van der Waals surface area contributed by atoms with E-state index in [9.17, 15) is 0 Å². The fraction of sp³-hybridized carbons (Fsp3) is 0.417. The Hall–Kier alpha value is -1.75. The Kier molecular flexibility index (Phi) is 3.49. The van der Waals surface area contributed by atoms with E-state index >= 15 is 0 Å². The molecule has 0 aliphatic carbocycles. The number of nitrogens with zero attached hydrogens (tertiary/aromatic N) is 4. The van der Waals surface area contributed by atoms with Crippen LogP contribution in [0.5, 0.6) is 0 Å². The molecule has 0 radical (unpaired) electrons. The maximum absolute atomic E-state index is 4.37. The smallest absolute Gasteiger partial charge is 0.152 e. The minimum atomic E-state index is -0.0550. The van der Waals surface area contributed by atoms with Crippen LogP contribution >= 0.6 is 0 Å². The average molecular weight is 231 g/mol. The molecule has 0 amide bonds. The van der Waals surface area contributed by atoms with E-state index in [1.807, 2.05) is 37.1 Å². The molecule has 0 bridgehead atoms. The summed E-state index contributed by atoms with van der Waals surface area (Å²) in [4.78, 5) is 13.1. The summed E-state index contributed by atoms with van der Waals surface area (Å²) in [6.45, 7) is 4.88. The summed E-state index contributed by atoms with van der Waals surface area (Å²) in [5, 5.41) is 3.35. The number of aromatic nitrogens is 4. The van der Waals surface area contributed by atoms with Crippen LogP contribution in [-0.4, -0.2) is 26.1 Å². The van der Waals surface area contributed by atoms with Gasteiger partial charge in [-0.3, -0.25) is 0 Å². The van der Waals surface area contributed by atoms with E-state index in [-0.39, 0.29) is 6.04 Å². The number of rotatable bonds is 4. The highest BCUT2D eigenvalue weighted by atomic mass is 15.1. The van der Waals surface area contributed by atoms with Crippen molar-refractivity contribution in [1.82, 2.24) is 24.8 Å². The maximum atomic E-state index is 4.37. The van der Waals surface area contributed by atoms with Crippen molar-refractivity contribution in [3.05, 3.63) is 42.0 Å². The van der Waals surface area contributed by atoms with Crippen LogP contribution in [0.1, 0.15) is 30.2 Å². The lowest BCUT2D eigenvalue weighted by molar-refractivity contribution is 0.550. The first-order chi connectivity index (χ1) is 8.22. The fourth-order valence-electron chi connectivity index (χ4n) is 1.71. The van der Waals surface area contributed by atoms with Gasteiger partial charge in [0.2, 0.25) is 0 Å². The third-order valence-electron chi connectivity index (χ3n) is 2.58. The minimum absolute atomic E-state index is 0.0550. The average Bonchev–Trinajstić information content (AvgIpc) is 2.74. The first-order valence-corrected chi connectivity index (χ1v) is 5.71. The minimum Gasteiger partial charge on any atom is -0.336 e. The van der Waals surface area contributed by atoms with Gasteiger partial charge in [-0.1, -0.05) is 6.92 Å². The topological polar surface area (TPSA) is 55.6 Å². The zero-order valence-electron chi connectivity index (χ0n) is 10.4. The maximum Gasteiger partial charge on any atom is 0.152 e. The van der Waals surface area contributed by atoms with Crippen LogP contribution in [0.4, 0.5) is 0 Å². The van der Waals surface area contributed by atoms with E-state index in [0.717, 1.165) is 23.8 Å². The van der Waals surface area contributed by atoms with Crippen molar-refractivity contribution >= 4 is 0 Å². The highest BCUT2D eigenvalue weighted by molar-refractivity contribution is 5.13. The van der Waals surface area contributed by atoms with Crippen LogP contribution in [-0.2, 0) is 7.05 Å². The molecule has 2 aromatic rings. The Morgan fingerprint density at radius 3 is 2.53 bits per heavy atom. The van der Waals surface area contributed by atoms with Crippen molar-refractivity contribution in [2.75, 3.05) is 6.54 Å². The highest BCUT2D eigenvalue weighted by Crippen LogP contribution is 2.16. The van der Waals surface area contributed by atoms with Crippen LogP contribution in [0, 0.1) is 6.92 Å². The van der Waals surface area contributed by atoms with Gasteiger partial charge in [0.1, 0.15) is 11.9 Å². The number of hydrogen-bond donors (Lipinski definition) is 1. The van der Waals surface area contributed by atoms with E-state index in [1.165, 1.54) is 0 Å². The van der Waals surface area contributed by atoms with Gasteiger partial charge in [-0.15, -0.1) is 0 Å². The molecule has 1 unspecified atom stereocenters. The molecular formula is C12H17N5. The summed E-state index contributed by atoms with van der Waals surface area (Å²) in [6.07, 6.45) is 7.37. The molecule has 0 aromatic carbocycles. The van der Waals surface area contributed by atoms with Crippen molar-refractivity contribution in [3.63, 3.8) is 0 Å². The molecule has 0 saturated heterocycles. The van der Waals surface area contributed by atoms with Gasteiger partial charge in [0.05, 0.1) is 0 Å². The lowest BCUT2D eigenvalue weighted by atomic mass is 10.2. The van der Waals surface area contributed by atoms with Gasteiger partial charge >= 0.3 is 0 Å². The molecule has 17 heavy (non-hydrogen) atoms. The second kappa shape index (κ2) is 5.05. The predicted octanol–water partition coefficient (Wildman–Crippen LogP) is 1.22. The summed E-state index contributed by atoms with van der Waals surface area (Å²) in [5.41, 5.74) is 1.06. The number of nitrogens with one attached hydrogen (secondary N) is 1. The van der Waals surface area contributed by atoms with Gasteiger partial charge in [-0.05, 0) is 19.0 Å². The molecule has 2 aromatic heterocycles. The standard InChI is InChI=1S/C12H17N5/c1-4-13-10(12-14-5-6-17(12)3)11-15-7-9(2)8-16-11/h5-8,10,13H,4H2,1-3H3. The molecule has 90 valence electrons. The summed E-state index contributed by atoms with van der Waals surface area (Å²) in [7, 11) is 1.97. The third-order valence-corrected chi connectivity index (χ3v) is 2.58. The molecule has 5 nitrogen and oxygen atoms in total. The molecule has 1 N–H and O–H groups in total.